The fourth-order valence-electron chi connectivity index (χ4n) is 2.81. The maximum atomic E-state index is 12.6. The van der Waals surface area contributed by atoms with Gasteiger partial charge in [-0.2, -0.15) is 0 Å². The van der Waals surface area contributed by atoms with Crippen LogP contribution in [0.1, 0.15) is 29.4 Å². The van der Waals surface area contributed by atoms with E-state index in [9.17, 15) is 4.79 Å². The molecule has 0 saturated heterocycles. The van der Waals surface area contributed by atoms with Gasteiger partial charge in [0.2, 0.25) is 0 Å². The molecule has 0 atom stereocenters. The van der Waals surface area contributed by atoms with Crippen LogP contribution >= 0.6 is 0 Å². The lowest BCUT2D eigenvalue weighted by Gasteiger charge is -2.11. The van der Waals surface area contributed by atoms with Crippen molar-refractivity contribution in [2.24, 2.45) is 0 Å². The average molecular weight is 346 g/mol. The van der Waals surface area contributed by atoms with Gasteiger partial charge in [0.25, 0.3) is 0 Å². The van der Waals surface area contributed by atoms with Crippen LogP contribution in [-0.2, 0) is 16.1 Å². The molecule has 0 N–H and O–H groups in total. The lowest BCUT2D eigenvalue weighted by atomic mass is 10.1. The molecular formula is C22H22N2O2. The van der Waals surface area contributed by atoms with Gasteiger partial charge in [0, 0.05) is 18.9 Å². The fourth-order valence-corrected chi connectivity index (χ4v) is 2.81. The van der Waals surface area contributed by atoms with Gasteiger partial charge >= 0.3 is 5.97 Å². The lowest BCUT2D eigenvalue weighted by molar-refractivity contribution is -0.136. The van der Waals surface area contributed by atoms with Crippen LogP contribution in [0.25, 0.3) is 11.6 Å². The van der Waals surface area contributed by atoms with Crippen LogP contribution in [-0.4, -0.2) is 22.1 Å². The van der Waals surface area contributed by atoms with Crippen LogP contribution in [0.5, 0.6) is 0 Å². The molecule has 0 unspecified atom stereocenters. The number of hydrogen-bond donors (Lipinski definition) is 0. The van der Waals surface area contributed by atoms with Gasteiger partial charge in [-0.15, -0.1) is 0 Å². The summed E-state index contributed by atoms with van der Waals surface area (Å²) in [4.78, 5) is 17.0. The number of rotatable bonds is 6. The third kappa shape index (κ3) is 4.28. The molecule has 2 aromatic carbocycles. The molecule has 0 amide bonds. The maximum Gasteiger partial charge on any atom is 0.341 e. The third-order valence-corrected chi connectivity index (χ3v) is 4.00. The molecule has 4 nitrogen and oxygen atoms in total. The summed E-state index contributed by atoms with van der Waals surface area (Å²) in [6, 6.07) is 18.1. The van der Waals surface area contributed by atoms with Crippen LogP contribution in [0.3, 0.4) is 0 Å². The van der Waals surface area contributed by atoms with Crippen molar-refractivity contribution in [3.63, 3.8) is 0 Å². The van der Waals surface area contributed by atoms with Crippen molar-refractivity contribution >= 4 is 17.6 Å². The molecule has 0 bridgehead atoms. The number of aromatic nitrogens is 2. The first-order valence-corrected chi connectivity index (χ1v) is 8.68. The molecule has 26 heavy (non-hydrogen) atoms. The predicted molar refractivity (Wildman–Crippen MR) is 103 cm³/mol. The minimum atomic E-state index is -0.366. The minimum Gasteiger partial charge on any atom is -0.462 e. The summed E-state index contributed by atoms with van der Waals surface area (Å²) in [5.41, 5.74) is 3.68. The van der Waals surface area contributed by atoms with E-state index in [2.05, 4.69) is 17.1 Å². The van der Waals surface area contributed by atoms with Gasteiger partial charge in [-0.1, -0.05) is 60.2 Å². The largest absolute Gasteiger partial charge is 0.462 e. The molecule has 3 rings (SSSR count). The highest BCUT2D eigenvalue weighted by atomic mass is 16.5. The van der Waals surface area contributed by atoms with Crippen molar-refractivity contribution in [2.45, 2.75) is 20.4 Å². The van der Waals surface area contributed by atoms with E-state index in [1.54, 1.807) is 13.1 Å². The van der Waals surface area contributed by atoms with E-state index in [0.717, 1.165) is 16.7 Å². The van der Waals surface area contributed by atoms with E-state index in [0.29, 0.717) is 24.5 Å². The van der Waals surface area contributed by atoms with Crippen molar-refractivity contribution in [1.82, 2.24) is 9.55 Å². The van der Waals surface area contributed by atoms with E-state index in [-0.39, 0.29) is 5.97 Å². The summed E-state index contributed by atoms with van der Waals surface area (Å²) in [7, 11) is 0. The summed E-state index contributed by atoms with van der Waals surface area (Å²) in [6.45, 7) is 4.79. The van der Waals surface area contributed by atoms with Gasteiger partial charge < -0.3 is 9.30 Å². The number of ether oxygens (including phenoxy) is 1. The standard InChI is InChI=1S/C22H22N2O2/c1-3-26-22(25)20(15-19-11-7-8-17(2)14-19)21-23-12-13-24(21)16-18-9-5-4-6-10-18/h4-15H,3,16H2,1-2H3/b20-15+. The van der Waals surface area contributed by atoms with Crippen LogP contribution in [0.15, 0.2) is 67.0 Å². The van der Waals surface area contributed by atoms with Crippen molar-refractivity contribution in [3.8, 4) is 0 Å². The number of hydrogen-bond acceptors (Lipinski definition) is 3. The Morgan fingerprint density at radius 1 is 1.15 bits per heavy atom. The Hall–Kier alpha value is -3.14. The number of nitrogens with zero attached hydrogens (tertiary/aromatic N) is 2. The Bertz CT molecular complexity index is 911. The highest BCUT2D eigenvalue weighted by Crippen LogP contribution is 2.20. The Labute approximate surface area is 153 Å². The van der Waals surface area contributed by atoms with Crippen LogP contribution in [0.2, 0.25) is 0 Å². The smallest absolute Gasteiger partial charge is 0.341 e. The van der Waals surface area contributed by atoms with Gasteiger partial charge in [-0.05, 0) is 31.1 Å². The monoisotopic (exact) mass is 346 g/mol. The molecule has 0 aliphatic rings. The Morgan fingerprint density at radius 3 is 2.69 bits per heavy atom. The van der Waals surface area contributed by atoms with E-state index in [1.165, 1.54) is 0 Å². The fraction of sp³-hybridized carbons (Fsp3) is 0.182. The van der Waals surface area contributed by atoms with Crippen molar-refractivity contribution in [1.29, 1.82) is 0 Å². The molecule has 0 aliphatic heterocycles. The van der Waals surface area contributed by atoms with E-state index < -0.39 is 0 Å². The molecule has 1 heterocycles. The van der Waals surface area contributed by atoms with E-state index >= 15 is 0 Å². The number of carbonyl (C=O) groups is 1. The zero-order valence-electron chi connectivity index (χ0n) is 15.1. The van der Waals surface area contributed by atoms with Crippen molar-refractivity contribution < 1.29 is 9.53 Å². The third-order valence-electron chi connectivity index (χ3n) is 4.00. The average Bonchev–Trinajstić information content (AvgIpc) is 3.08. The zero-order chi connectivity index (χ0) is 18.4. The first-order chi connectivity index (χ1) is 12.7. The highest BCUT2D eigenvalue weighted by Gasteiger charge is 2.18. The Morgan fingerprint density at radius 2 is 1.96 bits per heavy atom. The summed E-state index contributed by atoms with van der Waals surface area (Å²) < 4.78 is 7.24. The summed E-state index contributed by atoms with van der Waals surface area (Å²) >= 11 is 0. The van der Waals surface area contributed by atoms with Gasteiger partial charge in [-0.25, -0.2) is 9.78 Å². The first-order valence-electron chi connectivity index (χ1n) is 8.68. The molecule has 132 valence electrons. The summed E-state index contributed by atoms with van der Waals surface area (Å²) in [5, 5.41) is 0. The molecule has 1 aromatic heterocycles. The van der Waals surface area contributed by atoms with Crippen molar-refractivity contribution in [2.75, 3.05) is 6.61 Å². The molecule has 0 spiro atoms. The lowest BCUT2D eigenvalue weighted by Crippen LogP contribution is -2.12. The van der Waals surface area contributed by atoms with E-state index in [1.807, 2.05) is 66.2 Å². The Balaban J connectivity index is 2.00. The second kappa shape index (κ2) is 8.30. The zero-order valence-corrected chi connectivity index (χ0v) is 15.1. The SMILES string of the molecule is CCOC(=O)/C(=C/c1cccc(C)c1)c1nccn1Cc1ccccc1. The second-order valence-corrected chi connectivity index (χ2v) is 6.06. The summed E-state index contributed by atoms with van der Waals surface area (Å²) in [6.07, 6.45) is 5.43. The molecule has 4 heteroatoms. The number of carbonyl (C=O) groups excluding carboxylic acids is 1. The Kier molecular flexibility index (Phi) is 5.64. The van der Waals surface area contributed by atoms with E-state index in [4.69, 9.17) is 4.74 Å². The van der Waals surface area contributed by atoms with Gasteiger partial charge in [0.05, 0.1) is 6.61 Å². The molecule has 0 radical (unpaired) electrons. The molecule has 0 aliphatic carbocycles. The highest BCUT2D eigenvalue weighted by molar-refractivity contribution is 6.20. The first kappa shape index (κ1) is 17.7. The number of benzene rings is 2. The normalized spacial score (nSPS) is 11.4. The number of aryl methyl sites for hydroxylation is 1. The molecular weight excluding hydrogens is 324 g/mol. The topological polar surface area (TPSA) is 44.1 Å². The van der Waals surface area contributed by atoms with Gasteiger partial charge in [0.1, 0.15) is 11.4 Å². The van der Waals surface area contributed by atoms with Gasteiger partial charge in [-0.3, -0.25) is 0 Å². The van der Waals surface area contributed by atoms with Crippen LogP contribution < -0.4 is 0 Å². The number of esters is 1. The molecule has 0 fully saturated rings. The molecule has 3 aromatic rings. The quantitative estimate of drug-likeness (QED) is 0.492. The number of imidazole rings is 1. The predicted octanol–water partition coefficient (Wildman–Crippen LogP) is 4.34. The minimum absolute atomic E-state index is 0.323. The molecule has 0 saturated carbocycles. The van der Waals surface area contributed by atoms with Crippen LogP contribution in [0.4, 0.5) is 0 Å². The maximum absolute atomic E-state index is 12.6. The summed E-state index contributed by atoms with van der Waals surface area (Å²) in [5.74, 6) is 0.239. The van der Waals surface area contributed by atoms with Crippen molar-refractivity contribution in [3.05, 3.63) is 89.5 Å². The van der Waals surface area contributed by atoms with Gasteiger partial charge in [0.15, 0.2) is 0 Å². The van der Waals surface area contributed by atoms with Crippen LogP contribution in [0, 0.1) is 6.92 Å². The second-order valence-electron chi connectivity index (χ2n) is 6.06.